The molecule has 0 aliphatic heterocycles. The normalized spacial score (nSPS) is 12.0. The van der Waals surface area contributed by atoms with Gasteiger partial charge in [-0.25, -0.2) is 13.2 Å². The van der Waals surface area contributed by atoms with Gasteiger partial charge >= 0.3 is 6.09 Å². The van der Waals surface area contributed by atoms with Crippen LogP contribution in [0.25, 0.3) is 0 Å². The van der Waals surface area contributed by atoms with Gasteiger partial charge in [0.2, 0.25) is 0 Å². The lowest BCUT2D eigenvalue weighted by Gasteiger charge is -2.19. The number of halogens is 1. The summed E-state index contributed by atoms with van der Waals surface area (Å²) >= 11 is 6.10. The van der Waals surface area contributed by atoms with Crippen LogP contribution in [0.4, 0.5) is 4.79 Å². The van der Waals surface area contributed by atoms with Crippen LogP contribution in [0, 0.1) is 0 Å². The molecule has 6 nitrogen and oxygen atoms in total. The van der Waals surface area contributed by atoms with Crippen LogP contribution in [0.15, 0.2) is 23.1 Å². The van der Waals surface area contributed by atoms with Crippen LogP contribution in [-0.2, 0) is 21.1 Å². The number of ether oxygens (including phenoxy) is 1. The third kappa shape index (κ3) is 7.51. The lowest BCUT2D eigenvalue weighted by molar-refractivity contribution is 0.0527. The number of alkyl carbamates (subject to hydrolysis) is 1. The lowest BCUT2D eigenvalue weighted by Crippen LogP contribution is -2.33. The fourth-order valence-corrected chi connectivity index (χ4v) is 3.24. The van der Waals surface area contributed by atoms with E-state index in [-0.39, 0.29) is 4.90 Å². The van der Waals surface area contributed by atoms with Gasteiger partial charge in [0.05, 0.1) is 4.90 Å². The Bertz CT molecular complexity index is 669. The Morgan fingerprint density at radius 3 is 2.50 bits per heavy atom. The molecule has 1 aromatic rings. The van der Waals surface area contributed by atoms with Gasteiger partial charge < -0.3 is 15.4 Å². The molecule has 0 aliphatic carbocycles. The molecule has 0 bridgehead atoms. The minimum absolute atomic E-state index is 0.231. The first-order valence-corrected chi connectivity index (χ1v) is 9.92. The largest absolute Gasteiger partial charge is 0.444 e. The van der Waals surface area contributed by atoms with Gasteiger partial charge in [-0.1, -0.05) is 17.7 Å². The predicted molar refractivity (Wildman–Crippen MR) is 95.1 cm³/mol. The van der Waals surface area contributed by atoms with E-state index in [1.54, 1.807) is 39.0 Å². The maximum atomic E-state index is 11.8. The first-order chi connectivity index (χ1) is 11.0. The minimum Gasteiger partial charge on any atom is -0.444 e. The molecule has 136 valence electrons. The number of carbonyl (C=O) groups is 1. The molecule has 0 aromatic heterocycles. The summed E-state index contributed by atoms with van der Waals surface area (Å²) in [5.74, 6) is 0. The Labute approximate surface area is 148 Å². The zero-order chi connectivity index (χ0) is 18.4. The molecule has 24 heavy (non-hydrogen) atoms. The van der Waals surface area contributed by atoms with Gasteiger partial charge in [0.15, 0.2) is 9.84 Å². The zero-order valence-corrected chi connectivity index (χ0v) is 16.1. The summed E-state index contributed by atoms with van der Waals surface area (Å²) < 4.78 is 28.7. The van der Waals surface area contributed by atoms with Gasteiger partial charge in [0.25, 0.3) is 0 Å². The highest BCUT2D eigenvalue weighted by atomic mass is 35.5. The smallest absolute Gasteiger partial charge is 0.407 e. The molecule has 0 unspecified atom stereocenters. The SMILES string of the molecule is CC(C)(C)OC(=O)NCCCNCc1c(Cl)cccc1S(C)(=O)=O. The van der Waals surface area contributed by atoms with Gasteiger partial charge in [-0.3, -0.25) is 0 Å². The molecule has 0 radical (unpaired) electrons. The lowest BCUT2D eigenvalue weighted by atomic mass is 10.2. The van der Waals surface area contributed by atoms with Crippen molar-refractivity contribution in [1.82, 2.24) is 10.6 Å². The summed E-state index contributed by atoms with van der Waals surface area (Å²) in [5.41, 5.74) is 0.0378. The van der Waals surface area contributed by atoms with Crippen molar-refractivity contribution in [2.45, 2.75) is 44.2 Å². The summed E-state index contributed by atoms with van der Waals surface area (Å²) in [4.78, 5) is 11.7. The minimum atomic E-state index is -3.33. The number of carbonyl (C=O) groups excluding carboxylic acids is 1. The summed E-state index contributed by atoms with van der Waals surface area (Å²) in [7, 11) is -3.33. The molecule has 0 aliphatic rings. The Balaban J connectivity index is 2.41. The van der Waals surface area contributed by atoms with Crippen LogP contribution in [0.3, 0.4) is 0 Å². The number of nitrogens with one attached hydrogen (secondary N) is 2. The first kappa shape index (κ1) is 20.7. The molecule has 1 amide bonds. The standard InChI is InChI=1S/C16H25ClN2O4S/c1-16(2,3)23-15(20)19-10-6-9-18-11-12-13(17)7-5-8-14(12)24(4,21)22/h5,7-8,18H,6,9-11H2,1-4H3,(H,19,20). The first-order valence-electron chi connectivity index (χ1n) is 7.66. The fourth-order valence-electron chi connectivity index (χ4n) is 1.99. The molecule has 0 fully saturated rings. The molecule has 0 saturated heterocycles. The Morgan fingerprint density at radius 1 is 1.25 bits per heavy atom. The molecule has 0 spiro atoms. The highest BCUT2D eigenvalue weighted by Gasteiger charge is 2.16. The number of hydrogen-bond donors (Lipinski definition) is 2. The highest BCUT2D eigenvalue weighted by molar-refractivity contribution is 7.90. The fraction of sp³-hybridized carbons (Fsp3) is 0.562. The summed E-state index contributed by atoms with van der Waals surface area (Å²) in [6.07, 6.45) is 1.39. The topological polar surface area (TPSA) is 84.5 Å². The van der Waals surface area contributed by atoms with E-state index >= 15 is 0 Å². The van der Waals surface area contributed by atoms with E-state index in [1.807, 2.05) is 0 Å². The van der Waals surface area contributed by atoms with Crippen molar-refractivity contribution < 1.29 is 17.9 Å². The highest BCUT2D eigenvalue weighted by Crippen LogP contribution is 2.23. The number of hydrogen-bond acceptors (Lipinski definition) is 5. The number of amides is 1. The van der Waals surface area contributed by atoms with E-state index in [1.165, 1.54) is 0 Å². The van der Waals surface area contributed by atoms with E-state index in [4.69, 9.17) is 16.3 Å². The number of rotatable bonds is 7. The van der Waals surface area contributed by atoms with E-state index in [0.717, 1.165) is 6.26 Å². The van der Waals surface area contributed by atoms with Crippen molar-refractivity contribution in [3.8, 4) is 0 Å². The zero-order valence-electron chi connectivity index (χ0n) is 14.5. The van der Waals surface area contributed by atoms with Crippen molar-refractivity contribution in [3.63, 3.8) is 0 Å². The second-order valence-electron chi connectivity index (χ2n) is 6.45. The molecule has 1 rings (SSSR count). The number of benzene rings is 1. The quantitative estimate of drug-likeness (QED) is 0.715. The molecular weight excluding hydrogens is 352 g/mol. The van der Waals surface area contributed by atoms with Gasteiger partial charge in [-0.15, -0.1) is 0 Å². The van der Waals surface area contributed by atoms with Crippen LogP contribution in [0.1, 0.15) is 32.8 Å². The van der Waals surface area contributed by atoms with Crippen molar-refractivity contribution in [2.75, 3.05) is 19.3 Å². The van der Waals surface area contributed by atoms with Gasteiger partial charge in [0, 0.05) is 29.9 Å². The van der Waals surface area contributed by atoms with Crippen LogP contribution in [-0.4, -0.2) is 39.5 Å². The third-order valence-corrected chi connectivity index (χ3v) is 4.51. The summed E-state index contributed by atoms with van der Waals surface area (Å²) in [5, 5.41) is 6.21. The predicted octanol–water partition coefficient (Wildman–Crippen LogP) is 2.75. The number of sulfone groups is 1. The summed E-state index contributed by atoms with van der Waals surface area (Å²) in [6.45, 7) is 6.81. The van der Waals surface area contributed by atoms with Crippen LogP contribution < -0.4 is 10.6 Å². The van der Waals surface area contributed by atoms with Crippen molar-refractivity contribution in [3.05, 3.63) is 28.8 Å². The van der Waals surface area contributed by atoms with Crippen molar-refractivity contribution in [2.24, 2.45) is 0 Å². The Kier molecular flexibility index (Phi) is 7.51. The average Bonchev–Trinajstić information content (AvgIpc) is 2.40. The van der Waals surface area contributed by atoms with E-state index < -0.39 is 21.5 Å². The Morgan fingerprint density at radius 2 is 1.92 bits per heavy atom. The Hall–Kier alpha value is -1.31. The van der Waals surface area contributed by atoms with Crippen molar-refractivity contribution >= 4 is 27.5 Å². The summed E-state index contributed by atoms with van der Waals surface area (Å²) in [6, 6.07) is 4.83. The van der Waals surface area contributed by atoms with Gasteiger partial charge in [-0.2, -0.15) is 0 Å². The van der Waals surface area contributed by atoms with E-state index in [2.05, 4.69) is 10.6 Å². The molecule has 2 N–H and O–H groups in total. The van der Waals surface area contributed by atoms with Gasteiger partial charge in [-0.05, 0) is 45.9 Å². The molecule has 0 saturated carbocycles. The van der Waals surface area contributed by atoms with Crippen LogP contribution >= 0.6 is 11.6 Å². The maximum Gasteiger partial charge on any atom is 0.407 e. The molecule has 8 heteroatoms. The van der Waals surface area contributed by atoms with E-state index in [9.17, 15) is 13.2 Å². The second-order valence-corrected chi connectivity index (χ2v) is 8.84. The van der Waals surface area contributed by atoms with E-state index in [0.29, 0.717) is 36.6 Å². The molecule has 0 atom stereocenters. The van der Waals surface area contributed by atoms with Crippen LogP contribution in [0.2, 0.25) is 5.02 Å². The molecular formula is C16H25ClN2O4S. The monoisotopic (exact) mass is 376 g/mol. The molecule has 0 heterocycles. The third-order valence-electron chi connectivity index (χ3n) is 2.98. The van der Waals surface area contributed by atoms with Gasteiger partial charge in [0.1, 0.15) is 5.60 Å². The average molecular weight is 377 g/mol. The second kappa shape index (κ2) is 8.69. The molecule has 1 aromatic carbocycles. The van der Waals surface area contributed by atoms with Crippen LogP contribution in [0.5, 0.6) is 0 Å². The van der Waals surface area contributed by atoms with Crippen molar-refractivity contribution in [1.29, 1.82) is 0 Å². The maximum absolute atomic E-state index is 11.8.